The molecule has 0 aliphatic rings. The smallest absolute Gasteiger partial charge is 0.267 e. The summed E-state index contributed by atoms with van der Waals surface area (Å²) in [6.07, 6.45) is 3.32. The summed E-state index contributed by atoms with van der Waals surface area (Å²) in [4.78, 5) is 22.3. The average molecular weight is 382 g/mol. The molecule has 0 saturated carbocycles. The van der Waals surface area contributed by atoms with Crippen molar-refractivity contribution in [2.75, 3.05) is 5.32 Å². The lowest BCUT2D eigenvalue weighted by atomic mass is 10.1. The fraction of sp³-hybridized carbons (Fsp3) is 0.0909. The molecule has 0 aliphatic heterocycles. The maximum Gasteiger partial charge on any atom is 0.267 e. The van der Waals surface area contributed by atoms with E-state index in [9.17, 15) is 4.79 Å². The summed E-state index contributed by atoms with van der Waals surface area (Å²) >= 11 is 0. The van der Waals surface area contributed by atoms with E-state index in [1.807, 2.05) is 30.3 Å². The van der Waals surface area contributed by atoms with E-state index in [1.165, 1.54) is 5.56 Å². The number of H-pyrrole nitrogens is 1. The Labute approximate surface area is 166 Å². The average Bonchev–Trinajstić information content (AvgIpc) is 3.25. The highest BCUT2D eigenvalue weighted by Gasteiger charge is 2.16. The predicted octanol–water partition coefficient (Wildman–Crippen LogP) is 3.58. The second kappa shape index (κ2) is 6.87. The summed E-state index contributed by atoms with van der Waals surface area (Å²) in [7, 11) is 0. The zero-order valence-electron chi connectivity index (χ0n) is 15.8. The Bertz CT molecular complexity index is 1370. The number of aromatic nitrogens is 5. The van der Waals surface area contributed by atoms with Gasteiger partial charge in [0, 0.05) is 18.9 Å². The summed E-state index contributed by atoms with van der Waals surface area (Å²) < 4.78 is 1.60. The van der Waals surface area contributed by atoms with Gasteiger partial charge in [0.25, 0.3) is 5.56 Å². The van der Waals surface area contributed by atoms with Crippen molar-refractivity contribution in [3.63, 3.8) is 0 Å². The van der Waals surface area contributed by atoms with Crippen molar-refractivity contribution < 1.29 is 0 Å². The normalized spacial score (nSPS) is 11.2. The predicted molar refractivity (Wildman–Crippen MR) is 113 cm³/mol. The standard InChI is InChI=1S/C22H18N6O/c1-14-7-9-15(10-8-14)11-23-22-24-12-17-19-18(13-25-27-19)21(29)28(20(17)26-22)16-5-3-2-4-6-16/h2-10,12-13H,11H2,1H3,(H,25,27)(H,23,24,26). The van der Waals surface area contributed by atoms with E-state index in [0.29, 0.717) is 34.4 Å². The van der Waals surface area contributed by atoms with Crippen LogP contribution >= 0.6 is 0 Å². The lowest BCUT2D eigenvalue weighted by Crippen LogP contribution is -2.20. The molecule has 0 radical (unpaired) electrons. The molecule has 0 aliphatic carbocycles. The second-order valence-electron chi connectivity index (χ2n) is 6.89. The molecule has 0 atom stereocenters. The molecule has 5 rings (SSSR count). The highest BCUT2D eigenvalue weighted by molar-refractivity contribution is 6.02. The molecule has 7 nitrogen and oxygen atoms in total. The Balaban J connectivity index is 1.65. The van der Waals surface area contributed by atoms with Crippen LogP contribution in [0.1, 0.15) is 11.1 Å². The maximum atomic E-state index is 13.1. The van der Waals surface area contributed by atoms with Crippen LogP contribution in [0, 0.1) is 6.92 Å². The van der Waals surface area contributed by atoms with Crippen LogP contribution in [-0.2, 0) is 6.54 Å². The Hall–Kier alpha value is -4.00. The molecular weight excluding hydrogens is 364 g/mol. The molecule has 3 aromatic heterocycles. The van der Waals surface area contributed by atoms with Crippen LogP contribution < -0.4 is 10.9 Å². The lowest BCUT2D eigenvalue weighted by molar-refractivity contribution is 1.00. The number of aryl methyl sites for hydroxylation is 1. The third kappa shape index (κ3) is 3.02. The molecule has 2 aromatic carbocycles. The van der Waals surface area contributed by atoms with Crippen molar-refractivity contribution in [3.05, 3.63) is 88.5 Å². The van der Waals surface area contributed by atoms with Gasteiger partial charge in [-0.15, -0.1) is 0 Å². The first-order valence-corrected chi connectivity index (χ1v) is 9.31. The van der Waals surface area contributed by atoms with Crippen LogP contribution in [0.2, 0.25) is 0 Å². The van der Waals surface area contributed by atoms with Crippen LogP contribution in [-0.4, -0.2) is 24.7 Å². The third-order valence-electron chi connectivity index (χ3n) is 4.90. The zero-order valence-corrected chi connectivity index (χ0v) is 15.8. The first-order chi connectivity index (χ1) is 14.2. The zero-order chi connectivity index (χ0) is 19.8. The number of aromatic amines is 1. The fourth-order valence-electron chi connectivity index (χ4n) is 3.37. The molecule has 5 aromatic rings. The maximum absolute atomic E-state index is 13.1. The number of pyridine rings is 1. The van der Waals surface area contributed by atoms with Crippen LogP contribution in [0.3, 0.4) is 0 Å². The van der Waals surface area contributed by atoms with E-state index in [-0.39, 0.29) is 5.56 Å². The van der Waals surface area contributed by atoms with Crippen LogP contribution in [0.25, 0.3) is 27.6 Å². The fourth-order valence-corrected chi connectivity index (χ4v) is 3.37. The van der Waals surface area contributed by atoms with E-state index < -0.39 is 0 Å². The Kier molecular flexibility index (Phi) is 4.05. The minimum Gasteiger partial charge on any atom is -0.350 e. The van der Waals surface area contributed by atoms with Crippen LogP contribution in [0.15, 0.2) is 71.8 Å². The number of hydrogen-bond donors (Lipinski definition) is 2. The highest BCUT2D eigenvalue weighted by atomic mass is 16.1. The summed E-state index contributed by atoms with van der Waals surface area (Å²) in [6, 6.07) is 17.7. The van der Waals surface area contributed by atoms with Gasteiger partial charge in [-0.1, -0.05) is 48.0 Å². The SMILES string of the molecule is Cc1ccc(CNc2ncc3c4n[nH]cc4c(=O)n(-c4ccccc4)c3n2)cc1. The molecule has 0 saturated heterocycles. The van der Waals surface area contributed by atoms with Gasteiger partial charge < -0.3 is 5.32 Å². The minimum absolute atomic E-state index is 0.171. The number of anilines is 1. The quantitative estimate of drug-likeness (QED) is 0.496. The highest BCUT2D eigenvalue weighted by Crippen LogP contribution is 2.22. The van der Waals surface area contributed by atoms with Gasteiger partial charge in [-0.05, 0) is 24.6 Å². The Morgan fingerprint density at radius 2 is 1.83 bits per heavy atom. The molecule has 0 bridgehead atoms. The van der Waals surface area contributed by atoms with Gasteiger partial charge >= 0.3 is 0 Å². The number of fused-ring (bicyclic) bond motifs is 3. The number of nitrogens with one attached hydrogen (secondary N) is 2. The molecular formula is C22H18N6O. The monoisotopic (exact) mass is 382 g/mol. The van der Waals surface area contributed by atoms with Crippen molar-refractivity contribution in [1.29, 1.82) is 0 Å². The number of nitrogens with zero attached hydrogens (tertiary/aromatic N) is 4. The Morgan fingerprint density at radius 3 is 2.62 bits per heavy atom. The molecule has 142 valence electrons. The van der Waals surface area contributed by atoms with Gasteiger partial charge in [0.2, 0.25) is 5.95 Å². The van der Waals surface area contributed by atoms with E-state index in [0.717, 1.165) is 11.3 Å². The van der Waals surface area contributed by atoms with Gasteiger partial charge in [-0.2, -0.15) is 10.1 Å². The van der Waals surface area contributed by atoms with E-state index in [4.69, 9.17) is 0 Å². The van der Waals surface area contributed by atoms with E-state index in [2.05, 4.69) is 56.7 Å². The van der Waals surface area contributed by atoms with Crippen molar-refractivity contribution in [2.24, 2.45) is 0 Å². The summed E-state index contributed by atoms with van der Waals surface area (Å²) in [5.74, 6) is 0.456. The summed E-state index contributed by atoms with van der Waals surface area (Å²) in [5.41, 5.74) is 4.00. The van der Waals surface area contributed by atoms with Gasteiger partial charge in [-0.25, -0.2) is 4.98 Å². The molecule has 2 N–H and O–H groups in total. The topological polar surface area (TPSA) is 88.5 Å². The van der Waals surface area contributed by atoms with Gasteiger partial charge in [0.15, 0.2) is 5.65 Å². The van der Waals surface area contributed by atoms with Crippen LogP contribution in [0.4, 0.5) is 5.95 Å². The number of hydrogen-bond acceptors (Lipinski definition) is 5. The van der Waals surface area contributed by atoms with Crippen molar-refractivity contribution in [1.82, 2.24) is 24.7 Å². The molecule has 29 heavy (non-hydrogen) atoms. The van der Waals surface area contributed by atoms with Crippen molar-refractivity contribution in [3.8, 4) is 5.69 Å². The lowest BCUT2D eigenvalue weighted by Gasteiger charge is -2.12. The van der Waals surface area contributed by atoms with Gasteiger partial charge in [0.1, 0.15) is 5.52 Å². The second-order valence-corrected chi connectivity index (χ2v) is 6.89. The molecule has 0 fully saturated rings. The summed E-state index contributed by atoms with van der Waals surface area (Å²) in [6.45, 7) is 2.65. The first-order valence-electron chi connectivity index (χ1n) is 9.31. The van der Waals surface area contributed by atoms with Crippen LogP contribution in [0.5, 0.6) is 0 Å². The summed E-state index contributed by atoms with van der Waals surface area (Å²) in [5, 5.41) is 11.5. The van der Waals surface area contributed by atoms with Gasteiger partial charge in [0.05, 0.1) is 16.5 Å². The molecule has 0 amide bonds. The molecule has 7 heteroatoms. The number of rotatable bonds is 4. The largest absolute Gasteiger partial charge is 0.350 e. The van der Waals surface area contributed by atoms with Gasteiger partial charge in [-0.3, -0.25) is 14.5 Å². The molecule has 3 heterocycles. The van der Waals surface area contributed by atoms with E-state index in [1.54, 1.807) is 17.0 Å². The van der Waals surface area contributed by atoms with E-state index >= 15 is 0 Å². The first kappa shape index (κ1) is 17.1. The van der Waals surface area contributed by atoms with Crippen molar-refractivity contribution >= 4 is 27.9 Å². The van der Waals surface area contributed by atoms with Crippen molar-refractivity contribution in [2.45, 2.75) is 13.5 Å². The third-order valence-corrected chi connectivity index (χ3v) is 4.90. The molecule has 0 spiro atoms. The number of para-hydroxylation sites is 1. The number of benzene rings is 2. The Morgan fingerprint density at radius 1 is 1.03 bits per heavy atom. The minimum atomic E-state index is -0.171. The molecule has 0 unspecified atom stereocenters.